The highest BCUT2D eigenvalue weighted by molar-refractivity contribution is 6.31. The molecule has 1 N–H and O–H groups in total. The minimum Gasteiger partial charge on any atom is -0.383 e. The number of aliphatic hydroxyl groups is 1. The van der Waals surface area contributed by atoms with Crippen molar-refractivity contribution in [1.29, 1.82) is 0 Å². The average molecular weight is 294 g/mol. The van der Waals surface area contributed by atoms with Crippen LogP contribution in [-0.2, 0) is 12.0 Å². The van der Waals surface area contributed by atoms with Gasteiger partial charge < -0.3 is 5.11 Å². The highest BCUT2D eigenvalue weighted by atomic mass is 35.5. The van der Waals surface area contributed by atoms with Crippen LogP contribution in [0.25, 0.3) is 0 Å². The second kappa shape index (κ2) is 5.90. The molecule has 0 saturated carbocycles. The molecule has 0 aliphatic heterocycles. The van der Waals surface area contributed by atoms with Crippen molar-refractivity contribution >= 4 is 11.6 Å². The monoisotopic (exact) mass is 293 g/mol. The fourth-order valence-electron chi connectivity index (χ4n) is 2.16. The van der Waals surface area contributed by atoms with E-state index < -0.39 is 11.4 Å². The third-order valence-corrected chi connectivity index (χ3v) is 3.83. The molecule has 1 heterocycles. The topological polar surface area (TPSA) is 33.1 Å². The number of aryl methyl sites for hydroxylation is 1. The van der Waals surface area contributed by atoms with Gasteiger partial charge in [-0.25, -0.2) is 4.39 Å². The summed E-state index contributed by atoms with van der Waals surface area (Å²) in [6, 6.07) is 8.54. The van der Waals surface area contributed by atoms with Crippen LogP contribution in [0.5, 0.6) is 0 Å². The standard InChI is InChI=1S/C16H17ClFNO/c1-3-16(20,15-7-6-13(18)10-19-15)9-12-5-4-11(2)8-14(12)17/h4-8,10,20H,3,9H2,1-2H3. The van der Waals surface area contributed by atoms with Crippen molar-refractivity contribution in [2.75, 3.05) is 0 Å². The smallest absolute Gasteiger partial charge is 0.141 e. The van der Waals surface area contributed by atoms with Crippen molar-refractivity contribution in [3.05, 3.63) is 64.2 Å². The first kappa shape index (κ1) is 14.9. The number of hydrogen-bond donors (Lipinski definition) is 1. The lowest BCUT2D eigenvalue weighted by atomic mass is 9.88. The number of nitrogens with zero attached hydrogens (tertiary/aromatic N) is 1. The minimum atomic E-state index is -1.15. The highest BCUT2D eigenvalue weighted by Gasteiger charge is 2.29. The van der Waals surface area contributed by atoms with Crippen molar-refractivity contribution in [2.45, 2.75) is 32.3 Å². The highest BCUT2D eigenvalue weighted by Crippen LogP contribution is 2.31. The minimum absolute atomic E-state index is 0.348. The van der Waals surface area contributed by atoms with Gasteiger partial charge in [0.05, 0.1) is 11.9 Å². The van der Waals surface area contributed by atoms with Gasteiger partial charge in [-0.05, 0) is 42.7 Å². The van der Waals surface area contributed by atoms with Crippen molar-refractivity contribution < 1.29 is 9.50 Å². The van der Waals surface area contributed by atoms with Crippen LogP contribution in [0.3, 0.4) is 0 Å². The summed E-state index contributed by atoms with van der Waals surface area (Å²) < 4.78 is 12.9. The Hall–Kier alpha value is -1.45. The molecule has 2 nitrogen and oxygen atoms in total. The van der Waals surface area contributed by atoms with E-state index in [0.29, 0.717) is 23.6 Å². The van der Waals surface area contributed by atoms with Gasteiger partial charge in [0, 0.05) is 11.4 Å². The molecule has 0 amide bonds. The first-order valence-corrected chi connectivity index (χ1v) is 6.92. The van der Waals surface area contributed by atoms with Gasteiger partial charge in [0.25, 0.3) is 0 Å². The summed E-state index contributed by atoms with van der Waals surface area (Å²) in [7, 11) is 0. The number of halogens is 2. The molecule has 0 saturated heterocycles. The summed E-state index contributed by atoms with van der Waals surface area (Å²) in [6.45, 7) is 3.83. The maximum atomic E-state index is 12.9. The molecule has 0 spiro atoms. The SMILES string of the molecule is CCC(O)(Cc1ccc(C)cc1Cl)c1ccc(F)cn1. The Bertz CT molecular complexity index is 600. The van der Waals surface area contributed by atoms with Crippen LogP contribution >= 0.6 is 11.6 Å². The maximum Gasteiger partial charge on any atom is 0.141 e. The molecule has 2 aromatic rings. The van der Waals surface area contributed by atoms with E-state index in [1.165, 1.54) is 12.1 Å². The summed E-state index contributed by atoms with van der Waals surface area (Å²) in [6.07, 6.45) is 1.93. The Kier molecular flexibility index (Phi) is 4.41. The van der Waals surface area contributed by atoms with E-state index in [1.54, 1.807) is 0 Å². The molecule has 0 bridgehead atoms. The Morgan fingerprint density at radius 2 is 2.05 bits per heavy atom. The van der Waals surface area contributed by atoms with Gasteiger partial charge in [0.15, 0.2) is 0 Å². The molecule has 1 unspecified atom stereocenters. The van der Waals surface area contributed by atoms with Crippen LogP contribution in [0, 0.1) is 12.7 Å². The van der Waals surface area contributed by atoms with Crippen LogP contribution < -0.4 is 0 Å². The average Bonchev–Trinajstić information content (AvgIpc) is 2.42. The normalized spacial score (nSPS) is 14.1. The van der Waals surface area contributed by atoms with E-state index in [2.05, 4.69) is 4.98 Å². The van der Waals surface area contributed by atoms with Crippen LogP contribution in [0.2, 0.25) is 5.02 Å². The lowest BCUT2D eigenvalue weighted by Gasteiger charge is -2.27. The molecule has 1 aromatic carbocycles. The molecule has 20 heavy (non-hydrogen) atoms. The molecule has 0 aliphatic carbocycles. The zero-order valence-electron chi connectivity index (χ0n) is 11.5. The zero-order valence-corrected chi connectivity index (χ0v) is 12.3. The molecule has 2 rings (SSSR count). The number of pyridine rings is 1. The first-order chi connectivity index (χ1) is 9.44. The molecule has 4 heteroatoms. The zero-order chi connectivity index (χ0) is 14.8. The summed E-state index contributed by atoms with van der Waals surface area (Å²) >= 11 is 6.21. The van der Waals surface area contributed by atoms with E-state index in [9.17, 15) is 9.50 Å². The van der Waals surface area contributed by atoms with Gasteiger partial charge in [-0.15, -0.1) is 0 Å². The molecule has 1 aromatic heterocycles. The van der Waals surface area contributed by atoms with Crippen molar-refractivity contribution in [2.24, 2.45) is 0 Å². The van der Waals surface area contributed by atoms with Gasteiger partial charge >= 0.3 is 0 Å². The summed E-state index contributed by atoms with van der Waals surface area (Å²) in [4.78, 5) is 4.00. The van der Waals surface area contributed by atoms with E-state index >= 15 is 0 Å². The predicted octanol–water partition coefficient (Wildman–Crippen LogP) is 4.02. The van der Waals surface area contributed by atoms with Crippen LogP contribution in [0.1, 0.15) is 30.2 Å². The van der Waals surface area contributed by atoms with Crippen molar-refractivity contribution in [3.8, 4) is 0 Å². The number of rotatable bonds is 4. The van der Waals surface area contributed by atoms with E-state index in [1.807, 2.05) is 32.0 Å². The van der Waals surface area contributed by atoms with Gasteiger partial charge in [-0.2, -0.15) is 0 Å². The fourth-order valence-corrected chi connectivity index (χ4v) is 2.46. The maximum absolute atomic E-state index is 12.9. The number of aromatic nitrogens is 1. The lowest BCUT2D eigenvalue weighted by molar-refractivity contribution is 0.0282. The Morgan fingerprint density at radius 1 is 1.30 bits per heavy atom. The van der Waals surface area contributed by atoms with Gasteiger partial charge in [0.1, 0.15) is 11.4 Å². The molecule has 0 aliphatic rings. The van der Waals surface area contributed by atoms with E-state index in [-0.39, 0.29) is 0 Å². The second-order valence-corrected chi connectivity index (χ2v) is 5.43. The van der Waals surface area contributed by atoms with Gasteiger partial charge in [0.2, 0.25) is 0 Å². The molecule has 0 fully saturated rings. The van der Waals surface area contributed by atoms with Gasteiger partial charge in [-0.3, -0.25) is 4.98 Å². The molecule has 1 atom stereocenters. The van der Waals surface area contributed by atoms with Crippen LogP contribution in [-0.4, -0.2) is 10.1 Å². The third kappa shape index (κ3) is 3.17. The fraction of sp³-hybridized carbons (Fsp3) is 0.312. The third-order valence-electron chi connectivity index (χ3n) is 3.48. The Morgan fingerprint density at radius 3 is 2.60 bits per heavy atom. The molecule has 0 radical (unpaired) electrons. The number of hydrogen-bond acceptors (Lipinski definition) is 2. The summed E-state index contributed by atoms with van der Waals surface area (Å²) in [5.41, 5.74) is 1.23. The quantitative estimate of drug-likeness (QED) is 0.923. The molecular formula is C16H17ClFNO. The largest absolute Gasteiger partial charge is 0.383 e. The Labute approximate surface area is 123 Å². The van der Waals surface area contributed by atoms with E-state index in [4.69, 9.17) is 11.6 Å². The van der Waals surface area contributed by atoms with Crippen LogP contribution in [0.15, 0.2) is 36.5 Å². The van der Waals surface area contributed by atoms with Gasteiger partial charge in [-0.1, -0.05) is 30.7 Å². The lowest BCUT2D eigenvalue weighted by Crippen LogP contribution is -2.29. The Balaban J connectivity index is 2.33. The van der Waals surface area contributed by atoms with Crippen LogP contribution in [0.4, 0.5) is 4.39 Å². The predicted molar refractivity (Wildman–Crippen MR) is 78.3 cm³/mol. The summed E-state index contributed by atoms with van der Waals surface area (Å²) in [5, 5.41) is 11.4. The van der Waals surface area contributed by atoms with Crippen molar-refractivity contribution in [3.63, 3.8) is 0 Å². The first-order valence-electron chi connectivity index (χ1n) is 6.54. The van der Waals surface area contributed by atoms with E-state index in [0.717, 1.165) is 17.3 Å². The summed E-state index contributed by atoms with van der Waals surface area (Å²) in [5.74, 6) is -0.416. The van der Waals surface area contributed by atoms with Crippen molar-refractivity contribution in [1.82, 2.24) is 4.98 Å². The molecule has 106 valence electrons. The second-order valence-electron chi connectivity index (χ2n) is 5.02. The molecular weight excluding hydrogens is 277 g/mol. The number of benzene rings is 1.